The van der Waals surface area contributed by atoms with Gasteiger partial charge in [0.05, 0.1) is 10.7 Å². The summed E-state index contributed by atoms with van der Waals surface area (Å²) in [4.78, 5) is 22.3. The maximum absolute atomic E-state index is 11.7. The van der Waals surface area contributed by atoms with Crippen molar-refractivity contribution >= 4 is 17.6 Å². The van der Waals surface area contributed by atoms with Gasteiger partial charge in [-0.05, 0) is 12.1 Å². The monoisotopic (exact) mass is 238 g/mol. The molecule has 1 aromatic carbocycles. The summed E-state index contributed by atoms with van der Waals surface area (Å²) in [6.07, 6.45) is 1.13. The molecule has 2 N–H and O–H groups in total. The highest BCUT2D eigenvalue weighted by molar-refractivity contribution is 6.32. The fraction of sp³-hybridized carbons (Fsp3) is 0. The van der Waals surface area contributed by atoms with E-state index in [1.165, 1.54) is 0 Å². The van der Waals surface area contributed by atoms with Crippen molar-refractivity contribution in [1.29, 1.82) is 0 Å². The molecule has 16 heavy (non-hydrogen) atoms. The molecule has 0 saturated heterocycles. The van der Waals surface area contributed by atoms with Crippen LogP contribution in [0.1, 0.15) is 10.4 Å². The Hall–Kier alpha value is -2.01. The van der Waals surface area contributed by atoms with Gasteiger partial charge in [0.2, 0.25) is 0 Å². The number of aromatic amines is 1. The van der Waals surface area contributed by atoms with Crippen molar-refractivity contribution in [1.82, 2.24) is 9.78 Å². The van der Waals surface area contributed by atoms with Gasteiger partial charge >= 0.3 is 5.97 Å². The number of benzene rings is 1. The lowest BCUT2D eigenvalue weighted by Crippen LogP contribution is -2.20. The molecule has 0 atom stereocenters. The number of halogens is 1. The number of carbonyl (C=O) groups is 1. The van der Waals surface area contributed by atoms with Gasteiger partial charge < -0.3 is 5.11 Å². The van der Waals surface area contributed by atoms with E-state index in [9.17, 15) is 9.59 Å². The predicted octanol–water partition coefficient (Wildman–Crippen LogP) is 1.52. The molecule has 0 bridgehead atoms. The number of hydrogen-bond donors (Lipinski definition) is 2. The summed E-state index contributed by atoms with van der Waals surface area (Å²) in [5, 5.41) is 11.6. The summed E-state index contributed by atoms with van der Waals surface area (Å²) in [5.41, 5.74) is -0.540. The Morgan fingerprint density at radius 3 is 2.62 bits per heavy atom. The van der Waals surface area contributed by atoms with Crippen LogP contribution in [-0.4, -0.2) is 20.9 Å². The number of hydrogen-bond acceptors (Lipinski definition) is 2. The molecule has 1 aromatic heterocycles. The Labute approximate surface area is 94.9 Å². The highest BCUT2D eigenvalue weighted by Crippen LogP contribution is 2.17. The van der Waals surface area contributed by atoms with Crippen molar-refractivity contribution < 1.29 is 9.90 Å². The zero-order valence-electron chi connectivity index (χ0n) is 7.98. The Bertz CT molecular complexity index is 600. The number of nitrogens with zero attached hydrogens (tertiary/aromatic N) is 1. The molecule has 0 radical (unpaired) electrons. The van der Waals surface area contributed by atoms with Gasteiger partial charge in [-0.3, -0.25) is 9.89 Å². The molecule has 82 valence electrons. The zero-order valence-corrected chi connectivity index (χ0v) is 8.73. The average Bonchev–Trinajstić information content (AvgIpc) is 2.61. The molecule has 0 spiro atoms. The quantitative estimate of drug-likeness (QED) is 0.833. The van der Waals surface area contributed by atoms with Crippen molar-refractivity contribution in [2.24, 2.45) is 0 Å². The van der Waals surface area contributed by atoms with Crippen molar-refractivity contribution in [3.05, 3.63) is 51.4 Å². The molecular formula is C10H7ClN2O3. The zero-order chi connectivity index (χ0) is 11.7. The molecule has 2 rings (SSSR count). The third-order valence-corrected chi connectivity index (χ3v) is 2.41. The largest absolute Gasteiger partial charge is 0.477 e. The normalized spacial score (nSPS) is 10.3. The molecule has 0 aliphatic heterocycles. The van der Waals surface area contributed by atoms with E-state index in [0.717, 1.165) is 10.9 Å². The van der Waals surface area contributed by atoms with E-state index in [2.05, 4.69) is 5.10 Å². The van der Waals surface area contributed by atoms with E-state index in [4.69, 9.17) is 16.7 Å². The number of rotatable bonds is 2. The van der Waals surface area contributed by atoms with Crippen molar-refractivity contribution in [3.63, 3.8) is 0 Å². The number of aromatic carboxylic acids is 1. The first-order valence-electron chi connectivity index (χ1n) is 4.40. The van der Waals surface area contributed by atoms with Crippen LogP contribution < -0.4 is 5.56 Å². The second-order valence-electron chi connectivity index (χ2n) is 3.08. The summed E-state index contributed by atoms with van der Waals surface area (Å²) >= 11 is 5.89. The Morgan fingerprint density at radius 1 is 1.38 bits per heavy atom. The molecule has 0 aliphatic rings. The second kappa shape index (κ2) is 3.86. The van der Waals surface area contributed by atoms with E-state index in [-0.39, 0.29) is 5.56 Å². The fourth-order valence-electron chi connectivity index (χ4n) is 1.34. The summed E-state index contributed by atoms with van der Waals surface area (Å²) in [5.74, 6) is -1.27. The van der Waals surface area contributed by atoms with Crippen LogP contribution in [0.4, 0.5) is 0 Å². The van der Waals surface area contributed by atoms with Gasteiger partial charge in [-0.25, -0.2) is 9.48 Å². The van der Waals surface area contributed by atoms with Crippen LogP contribution in [0.25, 0.3) is 5.69 Å². The smallest absolute Gasteiger partial charge is 0.342 e. The highest BCUT2D eigenvalue weighted by Gasteiger charge is 2.14. The lowest BCUT2D eigenvalue weighted by molar-refractivity contribution is 0.0695. The first-order chi connectivity index (χ1) is 7.61. The minimum Gasteiger partial charge on any atom is -0.477 e. The summed E-state index contributed by atoms with van der Waals surface area (Å²) in [7, 11) is 0. The van der Waals surface area contributed by atoms with Crippen molar-refractivity contribution in [2.45, 2.75) is 0 Å². The molecule has 0 unspecified atom stereocenters. The van der Waals surface area contributed by atoms with E-state index in [0.29, 0.717) is 10.7 Å². The van der Waals surface area contributed by atoms with E-state index in [1.807, 2.05) is 0 Å². The minimum atomic E-state index is -1.27. The molecule has 0 aliphatic carbocycles. The van der Waals surface area contributed by atoms with Crippen LogP contribution in [0.2, 0.25) is 5.02 Å². The number of aromatic nitrogens is 2. The van der Waals surface area contributed by atoms with Crippen LogP contribution in [0.3, 0.4) is 0 Å². The van der Waals surface area contributed by atoms with Crippen LogP contribution in [0, 0.1) is 0 Å². The molecule has 5 nitrogen and oxygen atoms in total. The number of nitrogens with one attached hydrogen (secondary N) is 1. The molecule has 0 saturated carbocycles. The maximum Gasteiger partial charge on any atom is 0.342 e. The lowest BCUT2D eigenvalue weighted by atomic mass is 10.3. The van der Waals surface area contributed by atoms with Crippen molar-refractivity contribution in [2.75, 3.05) is 0 Å². The van der Waals surface area contributed by atoms with Crippen LogP contribution in [-0.2, 0) is 0 Å². The summed E-state index contributed by atoms with van der Waals surface area (Å²) < 4.78 is 1.09. The van der Waals surface area contributed by atoms with Crippen LogP contribution in [0.5, 0.6) is 0 Å². The maximum atomic E-state index is 11.7. The Morgan fingerprint density at radius 2 is 2.06 bits per heavy atom. The summed E-state index contributed by atoms with van der Waals surface area (Å²) in [6.45, 7) is 0. The SMILES string of the molecule is O=C(O)c1c[nH]n(-c2ccccc2Cl)c1=O. The standard InChI is InChI=1S/C10H7ClN2O3/c11-7-3-1-2-4-8(7)13-9(14)6(5-12-13)10(15)16/h1-5,12H,(H,15,16). The predicted molar refractivity (Wildman–Crippen MR) is 58.4 cm³/mol. The van der Waals surface area contributed by atoms with Crippen LogP contribution >= 0.6 is 11.6 Å². The number of H-pyrrole nitrogens is 1. The minimum absolute atomic E-state index is 0.320. The van der Waals surface area contributed by atoms with E-state index >= 15 is 0 Å². The van der Waals surface area contributed by atoms with Gasteiger partial charge in [0.15, 0.2) is 0 Å². The third kappa shape index (κ3) is 1.61. The molecule has 2 aromatic rings. The molecule has 1 heterocycles. The lowest BCUT2D eigenvalue weighted by Gasteiger charge is -2.02. The first-order valence-corrected chi connectivity index (χ1v) is 4.77. The van der Waals surface area contributed by atoms with Gasteiger partial charge in [0.25, 0.3) is 5.56 Å². The van der Waals surface area contributed by atoms with Crippen LogP contribution in [0.15, 0.2) is 35.3 Å². The number of para-hydroxylation sites is 1. The molecular weight excluding hydrogens is 232 g/mol. The highest BCUT2D eigenvalue weighted by atomic mass is 35.5. The topological polar surface area (TPSA) is 75.1 Å². The number of carboxylic acid groups (broad SMARTS) is 1. The Balaban J connectivity index is 2.63. The van der Waals surface area contributed by atoms with Gasteiger partial charge in [-0.1, -0.05) is 23.7 Å². The van der Waals surface area contributed by atoms with Gasteiger partial charge in [-0.15, -0.1) is 0 Å². The van der Waals surface area contributed by atoms with Crippen molar-refractivity contribution in [3.8, 4) is 5.69 Å². The second-order valence-corrected chi connectivity index (χ2v) is 3.49. The van der Waals surface area contributed by atoms with Gasteiger partial charge in [0.1, 0.15) is 5.56 Å². The average molecular weight is 239 g/mol. The fourth-order valence-corrected chi connectivity index (χ4v) is 1.56. The summed E-state index contributed by atoms with van der Waals surface area (Å²) in [6, 6.07) is 6.66. The molecule has 6 heteroatoms. The van der Waals surface area contributed by atoms with E-state index < -0.39 is 11.5 Å². The van der Waals surface area contributed by atoms with Gasteiger partial charge in [-0.2, -0.15) is 0 Å². The number of carboxylic acids is 1. The van der Waals surface area contributed by atoms with E-state index in [1.54, 1.807) is 24.3 Å². The Kier molecular flexibility index (Phi) is 2.54. The molecule has 0 amide bonds. The van der Waals surface area contributed by atoms with Gasteiger partial charge in [0, 0.05) is 6.20 Å². The first kappa shape index (κ1) is 10.5. The molecule has 0 fully saturated rings. The third-order valence-electron chi connectivity index (χ3n) is 2.10.